The van der Waals surface area contributed by atoms with Crippen LogP contribution >= 0.6 is 23.4 Å². The Kier molecular flexibility index (Phi) is 4.96. The van der Waals surface area contributed by atoms with Crippen molar-refractivity contribution < 1.29 is 8.81 Å². The van der Waals surface area contributed by atoms with Crippen molar-refractivity contribution in [2.24, 2.45) is 0 Å². The lowest BCUT2D eigenvalue weighted by molar-refractivity contribution is 0.531. The molecule has 0 aliphatic heterocycles. The van der Waals surface area contributed by atoms with Crippen molar-refractivity contribution in [2.45, 2.75) is 37.7 Å². The van der Waals surface area contributed by atoms with Gasteiger partial charge in [-0.05, 0) is 44.5 Å². The van der Waals surface area contributed by atoms with E-state index in [4.69, 9.17) is 16.0 Å². The van der Waals surface area contributed by atoms with Crippen LogP contribution in [-0.4, -0.2) is 14.8 Å². The summed E-state index contributed by atoms with van der Waals surface area (Å²) in [4.78, 5) is 0. The van der Waals surface area contributed by atoms with Crippen LogP contribution in [0.3, 0.4) is 0 Å². The van der Waals surface area contributed by atoms with Gasteiger partial charge >= 0.3 is 0 Å². The molecule has 0 unspecified atom stereocenters. The molecular weight excluding hydrogens is 349 g/mol. The minimum absolute atomic E-state index is 0.190. The van der Waals surface area contributed by atoms with E-state index in [1.54, 1.807) is 12.3 Å². The van der Waals surface area contributed by atoms with Gasteiger partial charge in [-0.15, -0.1) is 10.2 Å². The van der Waals surface area contributed by atoms with Gasteiger partial charge in [0.25, 0.3) is 0 Å². The maximum Gasteiger partial charge on any atom is 0.192 e. The maximum atomic E-state index is 13.2. The first-order chi connectivity index (χ1) is 11.5. The normalized spacial score (nSPS) is 11.4. The summed E-state index contributed by atoms with van der Waals surface area (Å²) in [6, 6.07) is 6.52. The van der Waals surface area contributed by atoms with Gasteiger partial charge in [0.2, 0.25) is 0 Å². The minimum Gasteiger partial charge on any atom is -0.469 e. The van der Waals surface area contributed by atoms with E-state index in [-0.39, 0.29) is 11.9 Å². The van der Waals surface area contributed by atoms with Crippen molar-refractivity contribution in [3.8, 4) is 11.4 Å². The van der Waals surface area contributed by atoms with Gasteiger partial charge < -0.3 is 4.42 Å². The molecule has 0 aliphatic rings. The number of furan rings is 1. The van der Waals surface area contributed by atoms with E-state index in [0.717, 1.165) is 27.9 Å². The lowest BCUT2D eigenvalue weighted by Crippen LogP contribution is -2.05. The topological polar surface area (TPSA) is 43.9 Å². The predicted molar refractivity (Wildman–Crippen MR) is 93.8 cm³/mol. The molecule has 0 amide bonds. The van der Waals surface area contributed by atoms with Crippen LogP contribution in [0.5, 0.6) is 0 Å². The molecule has 0 radical (unpaired) electrons. The summed E-state index contributed by atoms with van der Waals surface area (Å²) in [5.74, 6) is 1.84. The molecule has 4 nitrogen and oxygen atoms in total. The summed E-state index contributed by atoms with van der Waals surface area (Å²) in [6.07, 6.45) is 1.65. The number of rotatable bonds is 5. The van der Waals surface area contributed by atoms with Gasteiger partial charge in [-0.25, -0.2) is 4.39 Å². The third-order valence-electron chi connectivity index (χ3n) is 3.65. The first-order valence-corrected chi connectivity index (χ1v) is 8.90. The van der Waals surface area contributed by atoms with Gasteiger partial charge in [-0.2, -0.15) is 0 Å². The molecular formula is C17H17ClFN3OS. The predicted octanol–water partition coefficient (Wildman–Crippen LogP) is 5.51. The molecule has 0 aliphatic carbocycles. The van der Waals surface area contributed by atoms with Crippen molar-refractivity contribution in [2.75, 3.05) is 0 Å². The first kappa shape index (κ1) is 17.0. The van der Waals surface area contributed by atoms with Crippen LogP contribution in [0.4, 0.5) is 4.39 Å². The molecule has 0 bridgehead atoms. The second-order valence-electron chi connectivity index (χ2n) is 5.68. The lowest BCUT2D eigenvalue weighted by Gasteiger charge is -2.13. The van der Waals surface area contributed by atoms with Crippen LogP contribution < -0.4 is 0 Å². The molecule has 0 atom stereocenters. The highest BCUT2D eigenvalue weighted by Crippen LogP contribution is 2.32. The standard InChI is InChI=1S/C17H17ClFN3OS/c1-10(2)22-16(14-6-7-23-11(14)3)20-21-17(22)24-9-12-4-5-13(19)8-15(12)18/h4-8,10H,9H2,1-3H3. The third kappa shape index (κ3) is 3.35. The Morgan fingerprint density at radius 2 is 2.08 bits per heavy atom. The van der Waals surface area contributed by atoms with Crippen molar-refractivity contribution >= 4 is 23.4 Å². The Morgan fingerprint density at radius 3 is 2.71 bits per heavy atom. The van der Waals surface area contributed by atoms with Crippen LogP contribution in [0.25, 0.3) is 11.4 Å². The number of aryl methyl sites for hydroxylation is 1. The summed E-state index contributed by atoms with van der Waals surface area (Å²) in [5.41, 5.74) is 1.80. The first-order valence-electron chi connectivity index (χ1n) is 7.53. The maximum absolute atomic E-state index is 13.2. The number of benzene rings is 1. The second kappa shape index (κ2) is 6.99. The molecule has 2 heterocycles. The number of hydrogen-bond donors (Lipinski definition) is 0. The van der Waals surface area contributed by atoms with Crippen LogP contribution in [0.15, 0.2) is 40.1 Å². The highest BCUT2D eigenvalue weighted by atomic mass is 35.5. The number of hydrogen-bond acceptors (Lipinski definition) is 4. The van der Waals surface area contributed by atoms with E-state index in [1.807, 2.05) is 13.0 Å². The molecule has 0 saturated heterocycles. The van der Waals surface area contributed by atoms with Crippen molar-refractivity contribution in [3.63, 3.8) is 0 Å². The van der Waals surface area contributed by atoms with Gasteiger partial charge in [-0.3, -0.25) is 4.57 Å². The highest BCUT2D eigenvalue weighted by molar-refractivity contribution is 7.98. The molecule has 2 aromatic heterocycles. The second-order valence-corrected chi connectivity index (χ2v) is 7.03. The molecule has 0 N–H and O–H groups in total. The number of halogens is 2. The number of thioether (sulfide) groups is 1. The Morgan fingerprint density at radius 1 is 1.29 bits per heavy atom. The summed E-state index contributed by atoms with van der Waals surface area (Å²) >= 11 is 7.62. The number of nitrogens with zero attached hydrogens (tertiary/aromatic N) is 3. The van der Waals surface area contributed by atoms with E-state index < -0.39 is 0 Å². The molecule has 126 valence electrons. The van der Waals surface area contributed by atoms with Crippen LogP contribution in [0, 0.1) is 12.7 Å². The summed E-state index contributed by atoms with van der Waals surface area (Å²) in [7, 11) is 0. The van der Waals surface area contributed by atoms with E-state index in [9.17, 15) is 4.39 Å². The van der Waals surface area contributed by atoms with Gasteiger partial charge in [0.15, 0.2) is 11.0 Å². The van der Waals surface area contributed by atoms with Gasteiger partial charge in [0.05, 0.1) is 11.8 Å². The molecule has 0 spiro atoms. The van der Waals surface area contributed by atoms with Gasteiger partial charge in [-0.1, -0.05) is 29.4 Å². The molecule has 7 heteroatoms. The highest BCUT2D eigenvalue weighted by Gasteiger charge is 2.19. The van der Waals surface area contributed by atoms with E-state index in [2.05, 4.69) is 28.6 Å². The zero-order valence-corrected chi connectivity index (χ0v) is 15.2. The Hall–Kier alpha value is -1.79. The Bertz CT molecular complexity index is 859. The van der Waals surface area contributed by atoms with Gasteiger partial charge in [0.1, 0.15) is 11.6 Å². The van der Waals surface area contributed by atoms with Crippen LogP contribution in [0.1, 0.15) is 31.2 Å². The molecule has 0 fully saturated rings. The Labute approximate surface area is 149 Å². The minimum atomic E-state index is -0.336. The zero-order valence-electron chi connectivity index (χ0n) is 13.6. The molecule has 1 aromatic carbocycles. The average molecular weight is 366 g/mol. The quantitative estimate of drug-likeness (QED) is 0.559. The van der Waals surface area contributed by atoms with E-state index in [1.165, 1.54) is 23.9 Å². The van der Waals surface area contributed by atoms with Crippen molar-refractivity contribution in [3.05, 3.63) is 52.7 Å². The van der Waals surface area contributed by atoms with Crippen molar-refractivity contribution in [1.29, 1.82) is 0 Å². The van der Waals surface area contributed by atoms with Crippen LogP contribution in [0.2, 0.25) is 5.02 Å². The summed E-state index contributed by atoms with van der Waals surface area (Å²) in [6.45, 7) is 6.06. The summed E-state index contributed by atoms with van der Waals surface area (Å²) in [5, 5.41) is 9.86. The molecule has 24 heavy (non-hydrogen) atoms. The fraction of sp³-hybridized carbons (Fsp3) is 0.294. The third-order valence-corrected chi connectivity index (χ3v) is 5.00. The lowest BCUT2D eigenvalue weighted by atomic mass is 10.2. The molecule has 3 aromatic rings. The van der Waals surface area contributed by atoms with E-state index in [0.29, 0.717) is 10.8 Å². The monoisotopic (exact) mass is 365 g/mol. The van der Waals surface area contributed by atoms with E-state index >= 15 is 0 Å². The molecule has 3 rings (SSSR count). The smallest absolute Gasteiger partial charge is 0.192 e. The fourth-order valence-corrected chi connectivity index (χ4v) is 3.81. The molecule has 0 saturated carbocycles. The van der Waals surface area contributed by atoms with Gasteiger partial charge in [0, 0.05) is 16.8 Å². The number of aromatic nitrogens is 3. The zero-order chi connectivity index (χ0) is 17.3. The van der Waals surface area contributed by atoms with Crippen molar-refractivity contribution in [1.82, 2.24) is 14.8 Å². The van der Waals surface area contributed by atoms with Crippen LogP contribution in [-0.2, 0) is 5.75 Å². The average Bonchev–Trinajstić information content (AvgIpc) is 3.12. The Balaban J connectivity index is 1.89. The largest absolute Gasteiger partial charge is 0.469 e. The fourth-order valence-electron chi connectivity index (χ4n) is 2.42. The summed E-state index contributed by atoms with van der Waals surface area (Å²) < 4.78 is 20.6. The SMILES string of the molecule is Cc1occc1-c1nnc(SCc2ccc(F)cc2Cl)n1C(C)C.